The minimum Gasteiger partial charge on any atom is -0.325 e. The first-order valence-corrected chi connectivity index (χ1v) is 11.8. The van der Waals surface area contributed by atoms with E-state index in [9.17, 15) is 9.59 Å². The first-order valence-electron chi connectivity index (χ1n) is 10.2. The number of carbonyl (C=O) groups excluding carboxylic acids is 1. The molecule has 0 saturated heterocycles. The van der Waals surface area contributed by atoms with Crippen molar-refractivity contribution in [2.75, 3.05) is 5.32 Å². The van der Waals surface area contributed by atoms with Crippen molar-refractivity contribution >= 4 is 54.7 Å². The molecule has 2 aromatic carbocycles. The molecule has 0 fully saturated rings. The Morgan fingerprint density at radius 1 is 1.06 bits per heavy atom. The summed E-state index contributed by atoms with van der Waals surface area (Å²) in [4.78, 5) is 36.1. The van der Waals surface area contributed by atoms with Crippen LogP contribution in [0, 0.1) is 13.8 Å². The predicted octanol–water partition coefficient (Wildman–Crippen LogP) is 4.91. The van der Waals surface area contributed by atoms with Crippen molar-refractivity contribution in [2.45, 2.75) is 26.8 Å². The summed E-state index contributed by atoms with van der Waals surface area (Å²) >= 11 is 3.19. The van der Waals surface area contributed by atoms with Crippen molar-refractivity contribution in [1.29, 1.82) is 0 Å². The van der Waals surface area contributed by atoms with Crippen molar-refractivity contribution in [3.8, 4) is 0 Å². The number of rotatable bonds is 5. The molecule has 8 heteroatoms. The van der Waals surface area contributed by atoms with Gasteiger partial charge in [0.05, 0.1) is 26.9 Å². The van der Waals surface area contributed by atoms with E-state index in [0.29, 0.717) is 15.9 Å². The number of aromatic nitrogens is 3. The lowest BCUT2D eigenvalue weighted by atomic mass is 10.1. The van der Waals surface area contributed by atoms with Crippen LogP contribution >= 0.6 is 22.7 Å². The molecule has 0 saturated carbocycles. The van der Waals surface area contributed by atoms with E-state index in [1.165, 1.54) is 26.9 Å². The number of aryl methyl sites for hydroxylation is 2. The second-order valence-electron chi connectivity index (χ2n) is 7.64. The number of thiazole rings is 1. The van der Waals surface area contributed by atoms with Gasteiger partial charge in [-0.2, -0.15) is 0 Å². The Labute approximate surface area is 192 Å². The summed E-state index contributed by atoms with van der Waals surface area (Å²) in [6.07, 6.45) is 2.19. The Hall–Kier alpha value is -3.36. The molecule has 0 radical (unpaired) electrons. The number of thiophene rings is 1. The van der Waals surface area contributed by atoms with Gasteiger partial charge in [-0.1, -0.05) is 24.3 Å². The number of anilines is 1. The summed E-state index contributed by atoms with van der Waals surface area (Å²) in [5.74, 6) is -0.267. The lowest BCUT2D eigenvalue weighted by Crippen LogP contribution is -2.27. The molecule has 5 aromatic rings. The van der Waals surface area contributed by atoms with E-state index in [0.717, 1.165) is 32.9 Å². The van der Waals surface area contributed by atoms with Gasteiger partial charge in [0.2, 0.25) is 5.91 Å². The van der Waals surface area contributed by atoms with Crippen molar-refractivity contribution in [1.82, 2.24) is 14.5 Å². The zero-order valence-corrected chi connectivity index (χ0v) is 19.2. The number of carbonyl (C=O) groups is 1. The van der Waals surface area contributed by atoms with E-state index < -0.39 is 0 Å². The van der Waals surface area contributed by atoms with Crippen LogP contribution in [-0.2, 0) is 17.8 Å². The molecular formula is C24H20N4O2S2. The van der Waals surface area contributed by atoms with Crippen LogP contribution in [0.4, 0.5) is 5.69 Å². The van der Waals surface area contributed by atoms with E-state index in [2.05, 4.69) is 21.4 Å². The van der Waals surface area contributed by atoms with Crippen molar-refractivity contribution in [3.63, 3.8) is 0 Å². The minimum atomic E-state index is -0.267. The lowest BCUT2D eigenvalue weighted by molar-refractivity contribution is -0.116. The maximum atomic E-state index is 12.8. The molecule has 0 bridgehead atoms. The Morgan fingerprint density at radius 2 is 1.84 bits per heavy atom. The monoisotopic (exact) mass is 460 g/mol. The van der Waals surface area contributed by atoms with Crippen molar-refractivity contribution in [2.24, 2.45) is 0 Å². The molecule has 6 nitrogen and oxygen atoms in total. The van der Waals surface area contributed by atoms with Gasteiger partial charge < -0.3 is 5.32 Å². The topological polar surface area (TPSA) is 76.9 Å². The van der Waals surface area contributed by atoms with E-state index in [-0.39, 0.29) is 18.0 Å². The fourth-order valence-corrected chi connectivity index (χ4v) is 5.60. The summed E-state index contributed by atoms with van der Waals surface area (Å²) in [5.41, 5.74) is 3.58. The number of hydrogen-bond acceptors (Lipinski definition) is 6. The molecule has 1 N–H and O–H groups in total. The highest BCUT2D eigenvalue weighted by Crippen LogP contribution is 2.26. The third kappa shape index (κ3) is 3.94. The lowest BCUT2D eigenvalue weighted by Gasteiger charge is -2.08. The normalized spacial score (nSPS) is 11.3. The summed E-state index contributed by atoms with van der Waals surface area (Å²) in [5, 5.41) is 4.52. The number of amides is 1. The highest BCUT2D eigenvalue weighted by Gasteiger charge is 2.14. The first-order chi connectivity index (χ1) is 15.5. The number of hydrogen-bond donors (Lipinski definition) is 1. The maximum absolute atomic E-state index is 12.8. The Balaban J connectivity index is 1.27. The molecule has 32 heavy (non-hydrogen) atoms. The molecule has 160 valence electrons. The van der Waals surface area contributed by atoms with Gasteiger partial charge in [-0.3, -0.25) is 14.2 Å². The Bertz CT molecular complexity index is 1480. The van der Waals surface area contributed by atoms with Crippen LogP contribution in [0.25, 0.3) is 20.4 Å². The average Bonchev–Trinajstić information content (AvgIpc) is 3.31. The zero-order chi connectivity index (χ0) is 22.2. The number of fused-ring (bicyclic) bond motifs is 2. The third-order valence-electron chi connectivity index (χ3n) is 5.40. The standard InChI is InChI=1S/C24H20N4O2S2/c1-14-15(2)31-23-22(14)24(30)28(13-25-23)12-20(29)26-17-9-7-16(8-10-17)11-21-27-18-5-3-4-6-19(18)32-21/h3-10,13H,11-12H2,1-2H3,(H,26,29). The molecule has 1 amide bonds. The first kappa shape index (κ1) is 20.5. The van der Waals surface area contributed by atoms with Gasteiger partial charge in [0, 0.05) is 17.0 Å². The van der Waals surface area contributed by atoms with Gasteiger partial charge >= 0.3 is 0 Å². The summed E-state index contributed by atoms with van der Waals surface area (Å²) in [7, 11) is 0. The number of nitrogens with one attached hydrogen (secondary N) is 1. The molecule has 3 aromatic heterocycles. The smallest absolute Gasteiger partial charge is 0.262 e. The largest absolute Gasteiger partial charge is 0.325 e. The van der Waals surface area contributed by atoms with E-state index in [1.807, 2.05) is 56.3 Å². The Morgan fingerprint density at radius 3 is 2.62 bits per heavy atom. The maximum Gasteiger partial charge on any atom is 0.262 e. The van der Waals surface area contributed by atoms with Gasteiger partial charge in [0.25, 0.3) is 5.56 Å². The van der Waals surface area contributed by atoms with Gasteiger partial charge in [-0.25, -0.2) is 9.97 Å². The van der Waals surface area contributed by atoms with Crippen LogP contribution in [0.15, 0.2) is 59.7 Å². The highest BCUT2D eigenvalue weighted by molar-refractivity contribution is 7.19. The van der Waals surface area contributed by atoms with Crippen molar-refractivity contribution < 1.29 is 4.79 Å². The number of para-hydroxylation sites is 1. The predicted molar refractivity (Wildman–Crippen MR) is 131 cm³/mol. The average molecular weight is 461 g/mol. The van der Waals surface area contributed by atoms with E-state index in [1.54, 1.807) is 11.3 Å². The second kappa shape index (κ2) is 8.29. The van der Waals surface area contributed by atoms with Crippen LogP contribution in [0.1, 0.15) is 21.0 Å². The molecule has 0 aliphatic heterocycles. The molecule has 0 atom stereocenters. The van der Waals surface area contributed by atoms with Crippen molar-refractivity contribution in [3.05, 3.63) is 86.2 Å². The molecule has 0 spiro atoms. The molecule has 3 heterocycles. The van der Waals surface area contributed by atoms with Crippen LogP contribution in [0.2, 0.25) is 0 Å². The van der Waals surface area contributed by atoms with Gasteiger partial charge in [0.1, 0.15) is 11.4 Å². The van der Waals surface area contributed by atoms with Crippen LogP contribution < -0.4 is 10.9 Å². The third-order valence-corrected chi connectivity index (χ3v) is 7.55. The highest BCUT2D eigenvalue weighted by atomic mass is 32.1. The summed E-state index contributed by atoms with van der Waals surface area (Å²) in [6, 6.07) is 15.8. The zero-order valence-electron chi connectivity index (χ0n) is 17.6. The van der Waals surface area contributed by atoms with E-state index >= 15 is 0 Å². The number of benzene rings is 2. The minimum absolute atomic E-state index is 0.0798. The number of nitrogens with zero attached hydrogens (tertiary/aromatic N) is 3. The second-order valence-corrected chi connectivity index (χ2v) is 9.96. The summed E-state index contributed by atoms with van der Waals surface area (Å²) in [6.45, 7) is 3.81. The quantitative estimate of drug-likeness (QED) is 0.404. The van der Waals surface area contributed by atoms with Gasteiger partial charge in [0.15, 0.2) is 0 Å². The molecule has 0 aliphatic rings. The summed E-state index contributed by atoms with van der Waals surface area (Å²) < 4.78 is 2.54. The fourth-order valence-electron chi connectivity index (χ4n) is 3.61. The molecule has 0 unspecified atom stereocenters. The van der Waals surface area contributed by atoms with E-state index in [4.69, 9.17) is 0 Å². The molecular weight excluding hydrogens is 440 g/mol. The molecule has 5 rings (SSSR count). The SMILES string of the molecule is Cc1sc2ncn(CC(=O)Nc3ccc(Cc4nc5ccccc5s4)cc3)c(=O)c2c1C. The fraction of sp³-hybridized carbons (Fsp3) is 0.167. The van der Waals surface area contributed by atoms with Crippen LogP contribution in [0.3, 0.4) is 0 Å². The van der Waals surface area contributed by atoms with Gasteiger partial charge in [-0.15, -0.1) is 22.7 Å². The van der Waals surface area contributed by atoms with Gasteiger partial charge in [-0.05, 0) is 49.2 Å². The van der Waals surface area contributed by atoms with Crippen LogP contribution in [0.5, 0.6) is 0 Å². The van der Waals surface area contributed by atoms with Crippen LogP contribution in [-0.4, -0.2) is 20.4 Å². The molecule has 0 aliphatic carbocycles. The Kier molecular flexibility index (Phi) is 5.32.